The third kappa shape index (κ3) is 2.06. The zero-order chi connectivity index (χ0) is 8.59. The summed E-state index contributed by atoms with van der Waals surface area (Å²) in [4.78, 5) is 13.3. The second kappa shape index (κ2) is 3.87. The number of likely N-dealkylation sites (tertiary alicyclic amines) is 1. The highest BCUT2D eigenvalue weighted by atomic mass is 127. The number of hydrogen-bond donors (Lipinski definition) is 0. The van der Waals surface area contributed by atoms with Gasteiger partial charge in [0.1, 0.15) is 5.78 Å². The summed E-state index contributed by atoms with van der Waals surface area (Å²) in [6, 6.07) is 0.166. The Hall–Kier alpha value is 1.09. The lowest BCUT2D eigenvalue weighted by molar-refractivity contribution is -0.120. The van der Waals surface area contributed by atoms with Gasteiger partial charge in [-0.1, -0.05) is 45.2 Å². The van der Waals surface area contributed by atoms with Gasteiger partial charge in [0.2, 0.25) is 0 Å². The van der Waals surface area contributed by atoms with Gasteiger partial charge in [0.05, 0.1) is 10.1 Å². The Morgan fingerprint density at radius 1 is 1.55 bits per heavy atom. The van der Waals surface area contributed by atoms with Crippen molar-refractivity contribution in [1.29, 1.82) is 0 Å². The van der Waals surface area contributed by atoms with E-state index in [1.807, 2.05) is 7.05 Å². The minimum absolute atomic E-state index is 0.166. The highest BCUT2D eigenvalue weighted by Crippen LogP contribution is 2.32. The number of ketones is 1. The first-order valence-corrected chi connectivity index (χ1v) is 6.03. The van der Waals surface area contributed by atoms with E-state index in [0.29, 0.717) is 13.8 Å². The Kier molecular flexibility index (Phi) is 3.57. The van der Waals surface area contributed by atoms with Crippen LogP contribution in [0, 0.1) is 0 Å². The smallest absolute Gasteiger partial charge is 0.146 e. The fourth-order valence-corrected chi connectivity index (χ4v) is 3.04. The zero-order valence-electron chi connectivity index (χ0n) is 6.55. The van der Waals surface area contributed by atoms with Gasteiger partial charge in [0.25, 0.3) is 0 Å². The van der Waals surface area contributed by atoms with Crippen molar-refractivity contribution in [3.8, 4) is 0 Å². The second-order valence-corrected chi connectivity index (χ2v) is 5.79. The van der Waals surface area contributed by atoms with E-state index in [4.69, 9.17) is 0 Å². The third-order valence-electron chi connectivity index (χ3n) is 2.10. The number of alkyl halides is 2. The fraction of sp³-hybridized carbons (Fsp3) is 0.857. The van der Waals surface area contributed by atoms with Crippen molar-refractivity contribution in [2.45, 2.75) is 27.4 Å². The van der Waals surface area contributed by atoms with Crippen LogP contribution >= 0.6 is 45.2 Å². The lowest BCUT2D eigenvalue weighted by Crippen LogP contribution is -2.34. The van der Waals surface area contributed by atoms with Gasteiger partial charge in [-0.2, -0.15) is 0 Å². The molecule has 0 spiro atoms. The molecule has 64 valence electrons. The number of halogens is 2. The molecule has 1 saturated heterocycles. The van der Waals surface area contributed by atoms with E-state index in [1.165, 1.54) is 0 Å². The van der Waals surface area contributed by atoms with Crippen LogP contribution in [-0.2, 0) is 4.79 Å². The van der Waals surface area contributed by atoms with Gasteiger partial charge in [-0.25, -0.2) is 0 Å². The molecule has 3 atom stereocenters. The number of Topliss-reactive ketones (excluding diaryl/α,β-unsaturated/α-hetero) is 1. The molecule has 2 nitrogen and oxygen atoms in total. The molecular formula is C7H11I2NO. The molecule has 1 heterocycles. The van der Waals surface area contributed by atoms with Crippen LogP contribution in [0.15, 0.2) is 0 Å². The third-order valence-corrected chi connectivity index (χ3v) is 6.41. The first-order valence-electron chi connectivity index (χ1n) is 3.54. The van der Waals surface area contributed by atoms with Crippen molar-refractivity contribution in [2.24, 2.45) is 0 Å². The Balaban J connectivity index is 2.67. The van der Waals surface area contributed by atoms with Gasteiger partial charge in [0.15, 0.2) is 0 Å². The topological polar surface area (TPSA) is 20.3 Å². The lowest BCUT2D eigenvalue weighted by Gasteiger charge is -2.19. The first kappa shape index (κ1) is 10.2. The van der Waals surface area contributed by atoms with Crippen LogP contribution in [0.3, 0.4) is 0 Å². The lowest BCUT2D eigenvalue weighted by atomic mass is 10.1. The van der Waals surface area contributed by atoms with E-state index in [9.17, 15) is 4.79 Å². The number of nitrogens with zero attached hydrogens (tertiary/aromatic N) is 1. The second-order valence-electron chi connectivity index (χ2n) is 2.92. The summed E-state index contributed by atoms with van der Waals surface area (Å²) in [7, 11) is 2.03. The summed E-state index contributed by atoms with van der Waals surface area (Å²) in [5.41, 5.74) is 0. The standard InChI is InChI=1S/C7H11I2NO/c1-4(11)6-3-5(8)7(9)10(6)2/h5-7H,3H2,1-2H3. The van der Waals surface area contributed by atoms with Gasteiger partial charge < -0.3 is 0 Å². The molecule has 0 bridgehead atoms. The van der Waals surface area contributed by atoms with E-state index in [2.05, 4.69) is 50.1 Å². The Labute approximate surface area is 94.4 Å². The number of likely N-dealkylation sites (N-methyl/N-ethyl adjacent to an activating group) is 1. The predicted octanol–water partition coefficient (Wildman–Crippen LogP) is 1.84. The van der Waals surface area contributed by atoms with Gasteiger partial charge in [-0.15, -0.1) is 0 Å². The molecule has 3 unspecified atom stereocenters. The Morgan fingerprint density at radius 2 is 2.09 bits per heavy atom. The molecular weight excluding hydrogens is 368 g/mol. The van der Waals surface area contributed by atoms with Crippen LogP contribution in [0.5, 0.6) is 0 Å². The zero-order valence-corrected chi connectivity index (χ0v) is 10.9. The van der Waals surface area contributed by atoms with E-state index >= 15 is 0 Å². The largest absolute Gasteiger partial charge is 0.298 e. The number of rotatable bonds is 1. The summed E-state index contributed by atoms with van der Waals surface area (Å²) in [6.45, 7) is 1.68. The molecule has 0 radical (unpaired) electrons. The molecule has 1 aliphatic heterocycles. The number of carbonyl (C=O) groups excluding carboxylic acids is 1. The van der Waals surface area contributed by atoms with Crippen molar-refractivity contribution in [2.75, 3.05) is 7.05 Å². The van der Waals surface area contributed by atoms with Crippen LogP contribution in [-0.4, -0.2) is 31.7 Å². The van der Waals surface area contributed by atoms with Crippen molar-refractivity contribution < 1.29 is 4.79 Å². The molecule has 11 heavy (non-hydrogen) atoms. The molecule has 0 aliphatic carbocycles. The average Bonchev–Trinajstić information content (AvgIpc) is 2.17. The van der Waals surface area contributed by atoms with Crippen molar-refractivity contribution in [1.82, 2.24) is 4.90 Å². The summed E-state index contributed by atoms with van der Waals surface area (Å²) in [5, 5.41) is 0. The maximum absolute atomic E-state index is 11.1. The highest BCUT2D eigenvalue weighted by molar-refractivity contribution is 14.1. The summed E-state index contributed by atoms with van der Waals surface area (Å²) in [6.07, 6.45) is 1.01. The quantitative estimate of drug-likeness (QED) is 0.394. The first-order chi connectivity index (χ1) is 5.04. The minimum atomic E-state index is 0.166. The Morgan fingerprint density at radius 3 is 2.27 bits per heavy atom. The molecule has 4 heteroatoms. The average molecular weight is 379 g/mol. The minimum Gasteiger partial charge on any atom is -0.298 e. The summed E-state index contributed by atoms with van der Waals surface area (Å²) in [5.74, 6) is 0.299. The maximum Gasteiger partial charge on any atom is 0.146 e. The Bertz CT molecular complexity index is 174. The van der Waals surface area contributed by atoms with E-state index in [1.54, 1.807) is 6.92 Å². The van der Waals surface area contributed by atoms with Crippen LogP contribution in [0.1, 0.15) is 13.3 Å². The predicted molar refractivity (Wildman–Crippen MR) is 62.5 cm³/mol. The van der Waals surface area contributed by atoms with Gasteiger partial charge >= 0.3 is 0 Å². The van der Waals surface area contributed by atoms with E-state index < -0.39 is 0 Å². The van der Waals surface area contributed by atoms with Crippen LogP contribution in [0.2, 0.25) is 0 Å². The monoisotopic (exact) mass is 379 g/mol. The van der Waals surface area contributed by atoms with Crippen molar-refractivity contribution >= 4 is 51.0 Å². The maximum atomic E-state index is 11.1. The van der Waals surface area contributed by atoms with Gasteiger partial charge in [0, 0.05) is 3.92 Å². The van der Waals surface area contributed by atoms with Gasteiger partial charge in [-0.05, 0) is 20.4 Å². The highest BCUT2D eigenvalue weighted by Gasteiger charge is 2.37. The van der Waals surface area contributed by atoms with E-state index in [-0.39, 0.29) is 6.04 Å². The summed E-state index contributed by atoms with van der Waals surface area (Å²) < 4.78 is 1.13. The molecule has 1 aliphatic rings. The summed E-state index contributed by atoms with van der Waals surface area (Å²) >= 11 is 4.82. The molecule has 1 fully saturated rings. The van der Waals surface area contributed by atoms with E-state index in [0.717, 1.165) is 6.42 Å². The molecule has 0 aromatic heterocycles. The molecule has 0 aromatic rings. The van der Waals surface area contributed by atoms with Gasteiger partial charge in [-0.3, -0.25) is 9.69 Å². The molecule has 0 aromatic carbocycles. The molecule has 0 saturated carbocycles. The van der Waals surface area contributed by atoms with Crippen LogP contribution in [0.4, 0.5) is 0 Å². The normalized spacial score (nSPS) is 39.5. The van der Waals surface area contributed by atoms with Crippen molar-refractivity contribution in [3.05, 3.63) is 0 Å². The van der Waals surface area contributed by atoms with Crippen LogP contribution < -0.4 is 0 Å². The fourth-order valence-electron chi connectivity index (χ4n) is 1.37. The molecule has 0 N–H and O–H groups in total. The van der Waals surface area contributed by atoms with Crippen molar-refractivity contribution in [3.63, 3.8) is 0 Å². The SMILES string of the molecule is CC(=O)C1CC(I)C(I)N1C. The molecule has 1 rings (SSSR count). The van der Waals surface area contributed by atoms with Crippen LogP contribution in [0.25, 0.3) is 0 Å². The number of hydrogen-bond acceptors (Lipinski definition) is 2. The number of carbonyl (C=O) groups is 1. The molecule has 0 amide bonds.